The molecule has 1 fully saturated rings. The summed E-state index contributed by atoms with van der Waals surface area (Å²) in [6, 6.07) is 0.149. The first-order valence-electron chi connectivity index (χ1n) is 6.84. The number of thiazole rings is 1. The second-order valence-electron chi connectivity index (χ2n) is 5.34. The molecular formula is C14H22N2OS. The number of amides is 1. The Bertz CT molecular complexity index is 412. The van der Waals surface area contributed by atoms with Crippen LogP contribution in [0.5, 0.6) is 0 Å². The van der Waals surface area contributed by atoms with Crippen molar-refractivity contribution in [3.8, 4) is 0 Å². The molecule has 0 aliphatic heterocycles. The van der Waals surface area contributed by atoms with Gasteiger partial charge in [-0.1, -0.05) is 20.3 Å². The molecule has 1 heterocycles. The van der Waals surface area contributed by atoms with Crippen LogP contribution in [0, 0.1) is 18.8 Å². The van der Waals surface area contributed by atoms with E-state index in [0.29, 0.717) is 5.92 Å². The molecule has 1 N–H and O–H groups in total. The van der Waals surface area contributed by atoms with Crippen molar-refractivity contribution in [2.24, 2.45) is 11.8 Å². The first-order valence-corrected chi connectivity index (χ1v) is 7.72. The van der Waals surface area contributed by atoms with E-state index in [4.69, 9.17) is 0 Å². The van der Waals surface area contributed by atoms with Crippen molar-refractivity contribution in [3.63, 3.8) is 0 Å². The van der Waals surface area contributed by atoms with Gasteiger partial charge in [-0.2, -0.15) is 0 Å². The Balaban J connectivity index is 2.01. The largest absolute Gasteiger partial charge is 0.346 e. The van der Waals surface area contributed by atoms with E-state index in [9.17, 15) is 4.79 Å². The third-order valence-corrected chi connectivity index (χ3v) is 4.51. The van der Waals surface area contributed by atoms with Gasteiger partial charge in [0.25, 0.3) is 0 Å². The van der Waals surface area contributed by atoms with Crippen molar-refractivity contribution in [1.29, 1.82) is 0 Å². The topological polar surface area (TPSA) is 42.0 Å². The van der Waals surface area contributed by atoms with Gasteiger partial charge in [-0.3, -0.25) is 4.79 Å². The molecule has 1 aromatic heterocycles. The van der Waals surface area contributed by atoms with Gasteiger partial charge in [-0.15, -0.1) is 11.3 Å². The minimum absolute atomic E-state index is 0.109. The molecule has 0 saturated heterocycles. The Labute approximate surface area is 113 Å². The second kappa shape index (κ2) is 5.83. The Kier molecular flexibility index (Phi) is 4.38. The van der Waals surface area contributed by atoms with Crippen LogP contribution in [0.3, 0.4) is 0 Å². The van der Waals surface area contributed by atoms with Gasteiger partial charge in [0.15, 0.2) is 0 Å². The molecule has 3 nitrogen and oxygen atoms in total. The summed E-state index contributed by atoms with van der Waals surface area (Å²) in [7, 11) is 0. The Morgan fingerprint density at radius 2 is 2.33 bits per heavy atom. The minimum atomic E-state index is 0.109. The predicted molar refractivity (Wildman–Crippen MR) is 74.5 cm³/mol. The lowest BCUT2D eigenvalue weighted by molar-refractivity contribution is -0.125. The zero-order chi connectivity index (χ0) is 13.1. The summed E-state index contributed by atoms with van der Waals surface area (Å²) in [6.45, 7) is 6.13. The Hall–Kier alpha value is -0.900. The fraction of sp³-hybridized carbons (Fsp3) is 0.714. The highest BCUT2D eigenvalue weighted by Gasteiger charge is 2.35. The van der Waals surface area contributed by atoms with Crippen LogP contribution in [0.4, 0.5) is 0 Å². The second-order valence-corrected chi connectivity index (χ2v) is 6.23. The number of carbonyl (C=O) groups excluding carboxylic acids is 1. The monoisotopic (exact) mass is 266 g/mol. The lowest BCUT2D eigenvalue weighted by Crippen LogP contribution is -2.34. The zero-order valence-electron chi connectivity index (χ0n) is 11.4. The maximum absolute atomic E-state index is 12.1. The van der Waals surface area contributed by atoms with Gasteiger partial charge in [-0.05, 0) is 32.1 Å². The maximum atomic E-state index is 12.1. The molecule has 1 aliphatic carbocycles. The quantitative estimate of drug-likeness (QED) is 0.857. The molecule has 1 aromatic rings. The fourth-order valence-electron chi connectivity index (χ4n) is 2.19. The van der Waals surface area contributed by atoms with Crippen LogP contribution in [0.2, 0.25) is 0 Å². The standard InChI is InChI=1S/C14H22N2OS/c1-4-5-9(2)13(17)16-12(11-6-7-11)14-15-10(3)8-18-14/h8-9,11-12H,4-7H2,1-3H3,(H,16,17)/t9-,12+/m0/s1. The summed E-state index contributed by atoms with van der Waals surface area (Å²) in [4.78, 5) is 16.7. The highest BCUT2D eigenvalue weighted by molar-refractivity contribution is 7.09. The molecule has 0 radical (unpaired) electrons. The highest BCUT2D eigenvalue weighted by atomic mass is 32.1. The van der Waals surface area contributed by atoms with Crippen LogP contribution >= 0.6 is 11.3 Å². The summed E-state index contributed by atoms with van der Waals surface area (Å²) < 4.78 is 0. The number of nitrogens with one attached hydrogen (secondary N) is 1. The molecule has 2 rings (SSSR count). The lowest BCUT2D eigenvalue weighted by Gasteiger charge is -2.18. The molecular weight excluding hydrogens is 244 g/mol. The van der Waals surface area contributed by atoms with Crippen molar-refractivity contribution < 1.29 is 4.79 Å². The van der Waals surface area contributed by atoms with E-state index >= 15 is 0 Å². The van der Waals surface area contributed by atoms with Crippen LogP contribution in [0.25, 0.3) is 0 Å². The molecule has 0 aromatic carbocycles. The highest BCUT2D eigenvalue weighted by Crippen LogP contribution is 2.42. The summed E-state index contributed by atoms with van der Waals surface area (Å²) >= 11 is 1.67. The number of carbonyl (C=O) groups is 1. The van der Waals surface area contributed by atoms with Crippen molar-refractivity contribution >= 4 is 17.2 Å². The molecule has 1 saturated carbocycles. The van der Waals surface area contributed by atoms with Crippen molar-refractivity contribution in [1.82, 2.24) is 10.3 Å². The zero-order valence-corrected chi connectivity index (χ0v) is 12.2. The first kappa shape index (κ1) is 13.5. The van der Waals surface area contributed by atoms with Crippen LogP contribution in [-0.4, -0.2) is 10.9 Å². The number of aryl methyl sites for hydroxylation is 1. The molecule has 1 aliphatic rings. The van der Waals surface area contributed by atoms with Gasteiger partial charge in [0.2, 0.25) is 5.91 Å². The number of hydrogen-bond donors (Lipinski definition) is 1. The molecule has 4 heteroatoms. The van der Waals surface area contributed by atoms with Gasteiger partial charge in [-0.25, -0.2) is 4.98 Å². The maximum Gasteiger partial charge on any atom is 0.223 e. The Morgan fingerprint density at radius 1 is 1.61 bits per heavy atom. The molecule has 0 spiro atoms. The van der Waals surface area contributed by atoms with Gasteiger partial charge >= 0.3 is 0 Å². The van der Waals surface area contributed by atoms with Crippen molar-refractivity contribution in [3.05, 3.63) is 16.1 Å². The van der Waals surface area contributed by atoms with Gasteiger partial charge in [0, 0.05) is 17.0 Å². The summed E-state index contributed by atoms with van der Waals surface area (Å²) in [5.41, 5.74) is 1.05. The van der Waals surface area contributed by atoms with Crippen LogP contribution < -0.4 is 5.32 Å². The average molecular weight is 266 g/mol. The number of aromatic nitrogens is 1. The molecule has 2 atom stereocenters. The summed E-state index contributed by atoms with van der Waals surface area (Å²) in [6.07, 6.45) is 4.44. The summed E-state index contributed by atoms with van der Waals surface area (Å²) in [5, 5.41) is 6.34. The minimum Gasteiger partial charge on any atom is -0.346 e. The lowest BCUT2D eigenvalue weighted by atomic mass is 10.0. The molecule has 0 unspecified atom stereocenters. The molecule has 1 amide bonds. The SMILES string of the molecule is CCC[C@H](C)C(=O)N[C@@H](c1nc(C)cs1)C1CC1. The number of nitrogens with zero attached hydrogens (tertiary/aromatic N) is 1. The molecule has 0 bridgehead atoms. The van der Waals surface area contributed by atoms with Crippen LogP contribution in [-0.2, 0) is 4.79 Å². The number of hydrogen-bond acceptors (Lipinski definition) is 3. The molecule has 100 valence electrons. The van der Waals surface area contributed by atoms with E-state index in [1.807, 2.05) is 13.8 Å². The van der Waals surface area contributed by atoms with E-state index in [-0.39, 0.29) is 17.9 Å². The summed E-state index contributed by atoms with van der Waals surface area (Å²) in [5.74, 6) is 0.896. The predicted octanol–water partition coefficient (Wildman–Crippen LogP) is 3.46. The first-order chi connectivity index (χ1) is 8.61. The third-order valence-electron chi connectivity index (χ3n) is 3.46. The van der Waals surface area contributed by atoms with Gasteiger partial charge in [0.1, 0.15) is 5.01 Å². The van der Waals surface area contributed by atoms with Crippen molar-refractivity contribution in [2.45, 2.75) is 52.5 Å². The third kappa shape index (κ3) is 3.31. The van der Waals surface area contributed by atoms with Gasteiger partial charge in [0.05, 0.1) is 6.04 Å². The van der Waals surface area contributed by atoms with Crippen molar-refractivity contribution in [2.75, 3.05) is 0 Å². The Morgan fingerprint density at radius 3 is 2.83 bits per heavy atom. The van der Waals surface area contributed by atoms with Crippen LogP contribution in [0.1, 0.15) is 56.3 Å². The average Bonchev–Trinajstić information content (AvgIpc) is 3.08. The van der Waals surface area contributed by atoms with Crippen LogP contribution in [0.15, 0.2) is 5.38 Å². The fourth-order valence-corrected chi connectivity index (χ4v) is 3.12. The van der Waals surface area contributed by atoms with E-state index in [2.05, 4.69) is 22.6 Å². The normalized spacial score (nSPS) is 18.4. The number of rotatable bonds is 6. The van der Waals surface area contributed by atoms with E-state index in [1.54, 1.807) is 11.3 Å². The molecule has 18 heavy (non-hydrogen) atoms. The smallest absolute Gasteiger partial charge is 0.223 e. The van der Waals surface area contributed by atoms with E-state index in [0.717, 1.165) is 23.5 Å². The van der Waals surface area contributed by atoms with E-state index < -0.39 is 0 Å². The van der Waals surface area contributed by atoms with E-state index in [1.165, 1.54) is 12.8 Å². The van der Waals surface area contributed by atoms with Gasteiger partial charge < -0.3 is 5.32 Å².